The third-order valence-electron chi connectivity index (χ3n) is 5.38. The number of anilines is 1. The van der Waals surface area contributed by atoms with Crippen molar-refractivity contribution >= 4 is 29.0 Å². The molecule has 0 radical (unpaired) electrons. The summed E-state index contributed by atoms with van der Waals surface area (Å²) in [5.41, 5.74) is 2.22. The Morgan fingerprint density at radius 1 is 1.17 bits per heavy atom. The quantitative estimate of drug-likeness (QED) is 0.782. The van der Waals surface area contributed by atoms with Crippen molar-refractivity contribution in [3.63, 3.8) is 0 Å². The van der Waals surface area contributed by atoms with Crippen molar-refractivity contribution in [3.8, 4) is 0 Å². The van der Waals surface area contributed by atoms with E-state index in [4.69, 9.17) is 4.74 Å². The fraction of sp³-hybridized carbons (Fsp3) is 0.476. The molecule has 2 aliphatic heterocycles. The van der Waals surface area contributed by atoms with Crippen molar-refractivity contribution in [1.82, 2.24) is 15.2 Å². The number of hydrogen-bond donors (Lipinski definition) is 1. The summed E-state index contributed by atoms with van der Waals surface area (Å²) < 4.78 is 5.40. The zero-order valence-corrected chi connectivity index (χ0v) is 17.2. The van der Waals surface area contributed by atoms with E-state index in [-0.39, 0.29) is 24.7 Å². The summed E-state index contributed by atoms with van der Waals surface area (Å²) in [5, 5.41) is 5.02. The van der Waals surface area contributed by atoms with E-state index in [1.54, 1.807) is 17.5 Å². The molecule has 29 heavy (non-hydrogen) atoms. The van der Waals surface area contributed by atoms with E-state index in [1.165, 1.54) is 10.4 Å². The van der Waals surface area contributed by atoms with Gasteiger partial charge in [0.2, 0.25) is 11.8 Å². The zero-order chi connectivity index (χ0) is 20.1. The molecule has 1 fully saturated rings. The van der Waals surface area contributed by atoms with Gasteiger partial charge in [-0.15, -0.1) is 11.3 Å². The molecule has 0 saturated carbocycles. The Balaban J connectivity index is 1.25. The second kappa shape index (κ2) is 9.37. The van der Waals surface area contributed by atoms with E-state index in [0.717, 1.165) is 37.4 Å². The molecule has 154 valence electrons. The molecule has 1 N–H and O–H groups in total. The predicted molar refractivity (Wildman–Crippen MR) is 112 cm³/mol. The fourth-order valence-electron chi connectivity index (χ4n) is 3.75. The number of rotatable bonds is 6. The lowest BCUT2D eigenvalue weighted by atomic mass is 10.1. The highest BCUT2D eigenvalue weighted by Gasteiger charge is 2.22. The SMILES string of the molecule is O=C(CCC(=O)N1CCc2sccc2C1)NCc1cccnc1N1CCOCC1. The number of thiophene rings is 1. The van der Waals surface area contributed by atoms with Gasteiger partial charge in [-0.1, -0.05) is 6.07 Å². The Morgan fingerprint density at radius 3 is 2.90 bits per heavy atom. The summed E-state index contributed by atoms with van der Waals surface area (Å²) in [6, 6.07) is 5.95. The van der Waals surface area contributed by atoms with Crippen LogP contribution in [0.4, 0.5) is 5.82 Å². The predicted octanol–water partition coefficient (Wildman–Crippen LogP) is 1.96. The topological polar surface area (TPSA) is 74.8 Å². The maximum Gasteiger partial charge on any atom is 0.223 e. The molecule has 0 atom stereocenters. The minimum atomic E-state index is -0.108. The van der Waals surface area contributed by atoms with Gasteiger partial charge in [-0.2, -0.15) is 0 Å². The number of carbonyl (C=O) groups is 2. The van der Waals surface area contributed by atoms with Crippen LogP contribution in [0.15, 0.2) is 29.8 Å². The molecule has 0 unspecified atom stereocenters. The number of amides is 2. The summed E-state index contributed by atoms with van der Waals surface area (Å²) in [7, 11) is 0. The van der Waals surface area contributed by atoms with E-state index >= 15 is 0 Å². The average Bonchev–Trinajstić information content (AvgIpc) is 3.25. The Bertz CT molecular complexity index is 863. The number of aromatic nitrogens is 1. The van der Waals surface area contributed by atoms with Crippen LogP contribution in [0.5, 0.6) is 0 Å². The second-order valence-electron chi connectivity index (χ2n) is 7.30. The molecule has 7 nitrogen and oxygen atoms in total. The largest absolute Gasteiger partial charge is 0.378 e. The Kier molecular flexibility index (Phi) is 6.41. The molecule has 4 rings (SSSR count). The second-order valence-corrected chi connectivity index (χ2v) is 8.30. The highest BCUT2D eigenvalue weighted by atomic mass is 32.1. The van der Waals surface area contributed by atoms with Gasteiger partial charge >= 0.3 is 0 Å². The average molecular weight is 415 g/mol. The van der Waals surface area contributed by atoms with E-state index in [0.29, 0.717) is 26.3 Å². The number of hydrogen-bond acceptors (Lipinski definition) is 6. The molecule has 0 spiro atoms. The third kappa shape index (κ3) is 4.94. The summed E-state index contributed by atoms with van der Waals surface area (Å²) >= 11 is 1.76. The van der Waals surface area contributed by atoms with Gasteiger partial charge < -0.3 is 19.9 Å². The van der Waals surface area contributed by atoms with Crippen molar-refractivity contribution in [2.45, 2.75) is 32.4 Å². The number of fused-ring (bicyclic) bond motifs is 1. The van der Waals surface area contributed by atoms with Gasteiger partial charge in [0.25, 0.3) is 0 Å². The number of nitrogens with one attached hydrogen (secondary N) is 1. The molecule has 2 aliphatic rings. The summed E-state index contributed by atoms with van der Waals surface area (Å²) in [5.74, 6) is 0.836. The summed E-state index contributed by atoms with van der Waals surface area (Å²) in [6.07, 6.45) is 3.14. The molecule has 4 heterocycles. The highest BCUT2D eigenvalue weighted by Crippen LogP contribution is 2.24. The molecule has 2 aromatic heterocycles. The van der Waals surface area contributed by atoms with Crippen LogP contribution in [-0.4, -0.2) is 54.5 Å². The number of ether oxygens (including phenoxy) is 1. The van der Waals surface area contributed by atoms with Gasteiger partial charge in [0.15, 0.2) is 0 Å². The zero-order valence-electron chi connectivity index (χ0n) is 16.4. The molecule has 8 heteroatoms. The van der Waals surface area contributed by atoms with Crippen LogP contribution in [0.25, 0.3) is 0 Å². The lowest BCUT2D eigenvalue weighted by molar-refractivity contribution is -0.134. The standard InChI is InChI=1S/C21H26N4O3S/c26-19(3-4-20(27)25-8-5-18-17(15-25)6-13-29-18)23-14-16-2-1-7-22-21(16)24-9-11-28-12-10-24/h1-2,6-7,13H,3-5,8-12,14-15H2,(H,23,26). The van der Waals surface area contributed by atoms with Crippen LogP contribution in [-0.2, 0) is 33.8 Å². The summed E-state index contributed by atoms with van der Waals surface area (Å²) in [4.78, 5) is 34.7. The molecule has 0 aromatic carbocycles. The van der Waals surface area contributed by atoms with Crippen molar-refractivity contribution in [3.05, 3.63) is 45.8 Å². The minimum Gasteiger partial charge on any atom is -0.378 e. The van der Waals surface area contributed by atoms with Crippen LogP contribution in [0.1, 0.15) is 28.8 Å². The van der Waals surface area contributed by atoms with Crippen LogP contribution in [0, 0.1) is 0 Å². The van der Waals surface area contributed by atoms with Gasteiger partial charge in [0.05, 0.1) is 13.2 Å². The smallest absolute Gasteiger partial charge is 0.223 e. The van der Waals surface area contributed by atoms with Gasteiger partial charge in [-0.3, -0.25) is 9.59 Å². The van der Waals surface area contributed by atoms with Gasteiger partial charge in [0.1, 0.15) is 5.82 Å². The molecular formula is C21H26N4O3S. The van der Waals surface area contributed by atoms with E-state index < -0.39 is 0 Å². The maximum absolute atomic E-state index is 12.5. The van der Waals surface area contributed by atoms with E-state index in [9.17, 15) is 9.59 Å². The van der Waals surface area contributed by atoms with Gasteiger partial charge in [0, 0.05) is 62.2 Å². The molecule has 0 aliphatic carbocycles. The first-order valence-corrected chi connectivity index (χ1v) is 10.9. The van der Waals surface area contributed by atoms with Crippen molar-refractivity contribution < 1.29 is 14.3 Å². The number of nitrogens with zero attached hydrogens (tertiary/aromatic N) is 3. The first kappa shape index (κ1) is 19.8. The number of pyridine rings is 1. The molecule has 2 aromatic rings. The van der Waals surface area contributed by atoms with Crippen LogP contribution in [0.2, 0.25) is 0 Å². The third-order valence-corrected chi connectivity index (χ3v) is 6.40. The van der Waals surface area contributed by atoms with Gasteiger partial charge in [-0.25, -0.2) is 4.98 Å². The lowest BCUT2D eigenvalue weighted by Gasteiger charge is -2.29. The fourth-order valence-corrected chi connectivity index (χ4v) is 4.64. The molecule has 0 bridgehead atoms. The maximum atomic E-state index is 12.5. The van der Waals surface area contributed by atoms with Crippen LogP contribution in [0.3, 0.4) is 0 Å². The highest BCUT2D eigenvalue weighted by molar-refractivity contribution is 7.10. The van der Waals surface area contributed by atoms with Crippen molar-refractivity contribution in [2.75, 3.05) is 37.7 Å². The normalized spacial score (nSPS) is 16.4. The molecule has 2 amide bonds. The number of carbonyl (C=O) groups excluding carboxylic acids is 2. The van der Waals surface area contributed by atoms with Crippen molar-refractivity contribution in [2.24, 2.45) is 0 Å². The lowest BCUT2D eigenvalue weighted by Crippen LogP contribution is -2.38. The minimum absolute atomic E-state index is 0.0485. The molecular weight excluding hydrogens is 388 g/mol. The van der Waals surface area contributed by atoms with Gasteiger partial charge in [-0.05, 0) is 29.5 Å². The first-order valence-electron chi connectivity index (χ1n) is 10.1. The summed E-state index contributed by atoms with van der Waals surface area (Å²) in [6.45, 7) is 4.80. The first-order chi connectivity index (χ1) is 14.2. The van der Waals surface area contributed by atoms with E-state index in [1.807, 2.05) is 17.0 Å². The number of morpholine rings is 1. The van der Waals surface area contributed by atoms with E-state index in [2.05, 4.69) is 26.6 Å². The van der Waals surface area contributed by atoms with Crippen LogP contribution < -0.4 is 10.2 Å². The Hall–Kier alpha value is -2.45. The van der Waals surface area contributed by atoms with Crippen molar-refractivity contribution in [1.29, 1.82) is 0 Å². The van der Waals surface area contributed by atoms with Crippen LogP contribution >= 0.6 is 11.3 Å². The molecule has 1 saturated heterocycles. The monoisotopic (exact) mass is 414 g/mol. The Labute approximate surface area is 174 Å². The Morgan fingerprint density at radius 2 is 2.03 bits per heavy atom.